The molecule has 2 aliphatic carbocycles. The Hall–Kier alpha value is -2.52. The minimum atomic E-state index is -0.426. The molecule has 0 saturated heterocycles. The SMILES string of the molecule is CC1=C2CCC[C@H](O)[C@@]2(Cc2ccccc2)C/C(=C\c2ccncc2)C1=O. The number of aliphatic hydroxyl groups is 1. The van der Waals surface area contributed by atoms with Gasteiger partial charge in [0.1, 0.15) is 0 Å². The van der Waals surface area contributed by atoms with Gasteiger partial charge in [-0.3, -0.25) is 9.78 Å². The fraction of sp³-hybridized carbons (Fsp3) is 0.333. The number of rotatable bonds is 3. The van der Waals surface area contributed by atoms with Crippen molar-refractivity contribution in [3.05, 3.63) is 82.7 Å². The van der Waals surface area contributed by atoms with Gasteiger partial charge in [-0.05, 0) is 73.9 Å². The molecule has 3 heteroatoms. The molecule has 1 aromatic carbocycles. The lowest BCUT2D eigenvalue weighted by molar-refractivity contribution is -0.113. The first-order chi connectivity index (χ1) is 13.1. The summed E-state index contributed by atoms with van der Waals surface area (Å²) in [6.07, 6.45) is 9.03. The molecule has 1 N–H and O–H groups in total. The zero-order valence-electron chi connectivity index (χ0n) is 15.7. The summed E-state index contributed by atoms with van der Waals surface area (Å²) in [7, 11) is 0. The summed E-state index contributed by atoms with van der Waals surface area (Å²) >= 11 is 0. The van der Waals surface area contributed by atoms with E-state index in [1.165, 1.54) is 11.1 Å². The third kappa shape index (κ3) is 3.28. The molecule has 2 atom stereocenters. The average molecular weight is 359 g/mol. The van der Waals surface area contributed by atoms with Crippen LogP contribution in [-0.4, -0.2) is 22.0 Å². The summed E-state index contributed by atoms with van der Waals surface area (Å²) in [5, 5.41) is 11.1. The van der Waals surface area contributed by atoms with Crippen LogP contribution in [0.5, 0.6) is 0 Å². The van der Waals surface area contributed by atoms with Crippen LogP contribution in [0.3, 0.4) is 0 Å². The Bertz CT molecular complexity index is 898. The molecule has 0 aliphatic heterocycles. The van der Waals surface area contributed by atoms with Gasteiger partial charge in [0.05, 0.1) is 6.10 Å². The molecule has 2 aliphatic rings. The first kappa shape index (κ1) is 17.9. The highest BCUT2D eigenvalue weighted by Gasteiger charge is 2.48. The number of allylic oxidation sites excluding steroid dienone is 2. The average Bonchev–Trinajstić information content (AvgIpc) is 2.69. The molecule has 3 nitrogen and oxygen atoms in total. The molecule has 1 heterocycles. The van der Waals surface area contributed by atoms with Crippen LogP contribution in [0, 0.1) is 5.41 Å². The smallest absolute Gasteiger partial charge is 0.184 e. The summed E-state index contributed by atoms with van der Waals surface area (Å²) < 4.78 is 0. The number of nitrogens with zero attached hydrogens (tertiary/aromatic N) is 1. The van der Waals surface area contributed by atoms with Gasteiger partial charge in [-0.15, -0.1) is 0 Å². The van der Waals surface area contributed by atoms with Crippen molar-refractivity contribution < 1.29 is 9.90 Å². The molecule has 2 aromatic rings. The summed E-state index contributed by atoms with van der Waals surface area (Å²) in [4.78, 5) is 17.1. The van der Waals surface area contributed by atoms with Gasteiger partial charge < -0.3 is 5.11 Å². The van der Waals surface area contributed by atoms with Crippen LogP contribution in [0.2, 0.25) is 0 Å². The second-order valence-electron chi connectivity index (χ2n) is 7.79. The molecule has 1 aromatic heterocycles. The number of carbonyl (C=O) groups excluding carboxylic acids is 1. The van der Waals surface area contributed by atoms with E-state index in [4.69, 9.17) is 0 Å². The van der Waals surface area contributed by atoms with Crippen molar-refractivity contribution >= 4 is 11.9 Å². The number of pyridine rings is 1. The van der Waals surface area contributed by atoms with Crippen molar-refractivity contribution in [3.8, 4) is 0 Å². The van der Waals surface area contributed by atoms with Crippen LogP contribution in [0.4, 0.5) is 0 Å². The minimum absolute atomic E-state index is 0.125. The Morgan fingerprint density at radius 2 is 1.93 bits per heavy atom. The number of hydrogen-bond donors (Lipinski definition) is 1. The number of hydrogen-bond acceptors (Lipinski definition) is 3. The number of aliphatic hydroxyl groups excluding tert-OH is 1. The summed E-state index contributed by atoms with van der Waals surface area (Å²) in [5.74, 6) is 0.125. The van der Waals surface area contributed by atoms with E-state index in [2.05, 4.69) is 17.1 Å². The Morgan fingerprint density at radius 1 is 1.19 bits per heavy atom. The van der Waals surface area contributed by atoms with Gasteiger partial charge in [-0.2, -0.15) is 0 Å². The highest BCUT2D eigenvalue weighted by Crippen LogP contribution is 2.52. The second kappa shape index (κ2) is 7.24. The Kier molecular flexibility index (Phi) is 4.79. The van der Waals surface area contributed by atoms with Crippen LogP contribution >= 0.6 is 0 Å². The minimum Gasteiger partial charge on any atom is -0.392 e. The largest absolute Gasteiger partial charge is 0.392 e. The lowest BCUT2D eigenvalue weighted by Gasteiger charge is -2.48. The molecular weight excluding hydrogens is 334 g/mol. The van der Waals surface area contributed by atoms with Crippen molar-refractivity contribution in [1.29, 1.82) is 0 Å². The van der Waals surface area contributed by atoms with E-state index < -0.39 is 6.10 Å². The zero-order valence-corrected chi connectivity index (χ0v) is 15.7. The maximum atomic E-state index is 13.1. The Morgan fingerprint density at radius 3 is 2.67 bits per heavy atom. The molecular formula is C24H25NO2. The van der Waals surface area contributed by atoms with E-state index in [1.54, 1.807) is 12.4 Å². The third-order valence-electron chi connectivity index (χ3n) is 6.14. The molecule has 0 unspecified atom stereocenters. The van der Waals surface area contributed by atoms with Gasteiger partial charge in [-0.1, -0.05) is 35.9 Å². The van der Waals surface area contributed by atoms with Crippen LogP contribution in [0.1, 0.15) is 43.7 Å². The third-order valence-corrected chi connectivity index (χ3v) is 6.14. The van der Waals surface area contributed by atoms with Gasteiger partial charge in [0.2, 0.25) is 0 Å². The Balaban J connectivity index is 1.81. The quantitative estimate of drug-likeness (QED) is 0.819. The van der Waals surface area contributed by atoms with Crippen LogP contribution in [0.15, 0.2) is 71.6 Å². The number of aromatic nitrogens is 1. The fourth-order valence-corrected chi connectivity index (χ4v) is 4.81. The van der Waals surface area contributed by atoms with Gasteiger partial charge in [0.25, 0.3) is 0 Å². The summed E-state index contributed by atoms with van der Waals surface area (Å²) in [6, 6.07) is 14.2. The van der Waals surface area contributed by atoms with E-state index >= 15 is 0 Å². The maximum Gasteiger partial charge on any atom is 0.184 e. The van der Waals surface area contributed by atoms with E-state index in [9.17, 15) is 9.90 Å². The number of carbonyl (C=O) groups is 1. The topological polar surface area (TPSA) is 50.2 Å². The molecule has 1 fully saturated rings. The molecule has 0 spiro atoms. The maximum absolute atomic E-state index is 13.1. The van der Waals surface area contributed by atoms with Crippen molar-refractivity contribution in [3.63, 3.8) is 0 Å². The lowest BCUT2D eigenvalue weighted by Crippen LogP contribution is -2.46. The highest BCUT2D eigenvalue weighted by molar-refractivity contribution is 6.12. The normalized spacial score (nSPS) is 27.0. The van der Waals surface area contributed by atoms with Crippen molar-refractivity contribution in [1.82, 2.24) is 4.98 Å². The summed E-state index contributed by atoms with van der Waals surface area (Å²) in [6.45, 7) is 1.94. The van der Waals surface area contributed by atoms with Crippen LogP contribution in [0.25, 0.3) is 6.08 Å². The fourth-order valence-electron chi connectivity index (χ4n) is 4.81. The first-order valence-corrected chi connectivity index (χ1v) is 9.68. The monoisotopic (exact) mass is 359 g/mol. The van der Waals surface area contributed by atoms with Crippen LogP contribution < -0.4 is 0 Å². The second-order valence-corrected chi connectivity index (χ2v) is 7.79. The molecule has 138 valence electrons. The molecule has 0 bridgehead atoms. The standard InChI is InChI=1S/C24H25NO2/c1-17-21-8-5-9-22(26)24(21,15-19-6-3-2-4-7-19)16-20(23(17)27)14-18-10-12-25-13-11-18/h2-4,6-7,10-14,22,26H,5,8-9,15-16H2,1H3/b20-14+/t22-,24-/m0/s1. The first-order valence-electron chi connectivity index (χ1n) is 9.68. The van der Waals surface area contributed by atoms with Gasteiger partial charge in [0, 0.05) is 23.4 Å². The van der Waals surface area contributed by atoms with Gasteiger partial charge in [0.15, 0.2) is 5.78 Å². The van der Waals surface area contributed by atoms with E-state index in [0.29, 0.717) is 6.42 Å². The van der Waals surface area contributed by atoms with E-state index in [-0.39, 0.29) is 11.2 Å². The van der Waals surface area contributed by atoms with E-state index in [0.717, 1.165) is 42.4 Å². The molecule has 4 rings (SSSR count). The number of ketones is 1. The molecule has 27 heavy (non-hydrogen) atoms. The Labute approximate surface area is 160 Å². The van der Waals surface area contributed by atoms with Crippen molar-refractivity contribution in [2.45, 2.75) is 45.1 Å². The molecule has 0 amide bonds. The van der Waals surface area contributed by atoms with Gasteiger partial charge >= 0.3 is 0 Å². The van der Waals surface area contributed by atoms with Crippen molar-refractivity contribution in [2.75, 3.05) is 0 Å². The highest BCUT2D eigenvalue weighted by atomic mass is 16.3. The predicted molar refractivity (Wildman–Crippen MR) is 107 cm³/mol. The lowest BCUT2D eigenvalue weighted by atomic mass is 9.57. The number of Topliss-reactive ketones (excluding diaryl/α,β-unsaturated/α-hetero) is 1. The molecule has 1 saturated carbocycles. The molecule has 0 radical (unpaired) electrons. The number of benzene rings is 1. The van der Waals surface area contributed by atoms with Crippen LogP contribution in [-0.2, 0) is 11.2 Å². The predicted octanol–water partition coefficient (Wildman–Crippen LogP) is 4.53. The number of fused-ring (bicyclic) bond motifs is 1. The zero-order chi connectivity index (χ0) is 18.9. The summed E-state index contributed by atoms with van der Waals surface area (Å²) in [5.41, 5.74) is 4.60. The van der Waals surface area contributed by atoms with E-state index in [1.807, 2.05) is 43.3 Å². The van der Waals surface area contributed by atoms with Gasteiger partial charge in [-0.25, -0.2) is 0 Å². The van der Waals surface area contributed by atoms with Crippen molar-refractivity contribution in [2.24, 2.45) is 5.41 Å².